The van der Waals surface area contributed by atoms with E-state index in [0.29, 0.717) is 12.1 Å². The molecule has 0 fully saturated rings. The maximum Gasteiger partial charge on any atom is 0.216 e. The van der Waals surface area contributed by atoms with E-state index in [1.807, 2.05) is 42.6 Å². The highest BCUT2D eigenvalue weighted by molar-refractivity contribution is 8.00. The summed E-state index contributed by atoms with van der Waals surface area (Å²) in [5.41, 5.74) is 2.69. The van der Waals surface area contributed by atoms with E-state index in [9.17, 15) is 9.59 Å². The van der Waals surface area contributed by atoms with Crippen molar-refractivity contribution < 1.29 is 9.59 Å². The molecule has 0 aliphatic heterocycles. The Hall–Kier alpha value is -2.25. The first kappa shape index (κ1) is 18.5. The lowest BCUT2D eigenvalue weighted by molar-refractivity contribution is -0.118. The summed E-state index contributed by atoms with van der Waals surface area (Å²) in [5, 5.41) is 5.36. The second kappa shape index (κ2) is 8.42. The van der Waals surface area contributed by atoms with Gasteiger partial charge in [0.1, 0.15) is 11.4 Å². The number of carbonyl (C=O) groups is 2. The molecule has 1 aromatic carbocycles. The van der Waals surface area contributed by atoms with Crippen LogP contribution in [0.25, 0.3) is 10.2 Å². The molecule has 0 spiro atoms. The molecule has 2 aromatic heterocycles. The van der Waals surface area contributed by atoms with Gasteiger partial charge in [-0.15, -0.1) is 11.3 Å². The molecule has 26 heavy (non-hydrogen) atoms. The number of thioether (sulfide) groups is 1. The highest BCUT2D eigenvalue weighted by atomic mass is 32.2. The van der Waals surface area contributed by atoms with Gasteiger partial charge in [-0.3, -0.25) is 9.59 Å². The van der Waals surface area contributed by atoms with Crippen LogP contribution < -0.4 is 5.32 Å². The van der Waals surface area contributed by atoms with Crippen molar-refractivity contribution in [2.75, 3.05) is 6.54 Å². The molecule has 5 nitrogen and oxygen atoms in total. The van der Waals surface area contributed by atoms with Crippen molar-refractivity contribution in [1.29, 1.82) is 0 Å². The summed E-state index contributed by atoms with van der Waals surface area (Å²) in [6, 6.07) is 9.54. The zero-order valence-corrected chi connectivity index (χ0v) is 16.2. The number of fused-ring (bicyclic) bond motifs is 1. The minimum Gasteiger partial charge on any atom is -0.356 e. The molecule has 0 aliphatic rings. The number of hydrogen-bond donors (Lipinski definition) is 1. The van der Waals surface area contributed by atoms with Crippen LogP contribution in [-0.4, -0.2) is 33.5 Å². The molecular weight excluding hydrogens is 366 g/mol. The maximum absolute atomic E-state index is 12.7. The van der Waals surface area contributed by atoms with Gasteiger partial charge >= 0.3 is 0 Å². The van der Waals surface area contributed by atoms with Crippen molar-refractivity contribution in [2.45, 2.75) is 30.5 Å². The number of thiophene rings is 1. The molecule has 0 saturated carbocycles. The third-order valence-electron chi connectivity index (χ3n) is 3.89. The zero-order valence-electron chi connectivity index (χ0n) is 14.6. The second-order valence-corrected chi connectivity index (χ2v) is 8.11. The van der Waals surface area contributed by atoms with Crippen LogP contribution in [0.2, 0.25) is 0 Å². The number of amides is 1. The molecule has 7 heteroatoms. The van der Waals surface area contributed by atoms with Crippen LogP contribution in [0.4, 0.5) is 0 Å². The van der Waals surface area contributed by atoms with Crippen LogP contribution in [0.1, 0.15) is 29.8 Å². The van der Waals surface area contributed by atoms with Crippen LogP contribution in [0, 0.1) is 0 Å². The molecule has 3 rings (SSSR count). The standard InChI is InChI=1S/C19H19N3O2S2/c1-12(26-19-18-16(8-10-25-18)21-11-22-19)17(24)15-5-3-14(4-6-15)7-9-20-13(2)23/h3-6,8,10-12H,7,9H2,1-2H3,(H,20,23)/t12-/m0/s1. The van der Waals surface area contributed by atoms with Gasteiger partial charge in [-0.05, 0) is 30.4 Å². The van der Waals surface area contributed by atoms with Gasteiger partial charge in [-0.25, -0.2) is 9.97 Å². The number of nitrogens with zero attached hydrogens (tertiary/aromatic N) is 2. The first-order valence-electron chi connectivity index (χ1n) is 8.27. The lowest BCUT2D eigenvalue weighted by Crippen LogP contribution is -2.22. The van der Waals surface area contributed by atoms with Crippen LogP contribution >= 0.6 is 23.1 Å². The molecule has 1 N–H and O–H groups in total. The fourth-order valence-corrected chi connectivity index (χ4v) is 4.44. The van der Waals surface area contributed by atoms with Crippen LogP contribution in [0.5, 0.6) is 0 Å². The van der Waals surface area contributed by atoms with E-state index in [-0.39, 0.29) is 16.9 Å². The molecule has 2 heterocycles. The van der Waals surface area contributed by atoms with E-state index in [0.717, 1.165) is 27.2 Å². The molecule has 0 saturated heterocycles. The molecule has 0 radical (unpaired) electrons. The zero-order chi connectivity index (χ0) is 18.5. The third-order valence-corrected chi connectivity index (χ3v) is 6.03. The van der Waals surface area contributed by atoms with Crippen molar-refractivity contribution in [3.05, 3.63) is 53.2 Å². The molecular formula is C19H19N3O2S2. The largest absolute Gasteiger partial charge is 0.356 e. The number of Topliss-reactive ketones (excluding diaryl/α,β-unsaturated/α-hetero) is 1. The van der Waals surface area contributed by atoms with Crippen molar-refractivity contribution >= 4 is 45.0 Å². The highest BCUT2D eigenvalue weighted by Gasteiger charge is 2.19. The summed E-state index contributed by atoms with van der Waals surface area (Å²) in [6.45, 7) is 4.00. The van der Waals surface area contributed by atoms with E-state index in [1.54, 1.807) is 17.7 Å². The monoisotopic (exact) mass is 385 g/mol. The molecule has 0 aliphatic carbocycles. The van der Waals surface area contributed by atoms with E-state index < -0.39 is 0 Å². The third kappa shape index (κ3) is 4.47. The summed E-state index contributed by atoms with van der Waals surface area (Å²) in [5.74, 6) is 0.0407. The number of rotatable bonds is 7. The summed E-state index contributed by atoms with van der Waals surface area (Å²) in [7, 11) is 0. The van der Waals surface area contributed by atoms with Crippen molar-refractivity contribution in [1.82, 2.24) is 15.3 Å². The van der Waals surface area contributed by atoms with Gasteiger partial charge in [0.05, 0.1) is 15.5 Å². The van der Waals surface area contributed by atoms with Gasteiger partial charge < -0.3 is 5.32 Å². The molecule has 1 amide bonds. The Balaban J connectivity index is 1.64. The quantitative estimate of drug-likeness (QED) is 0.381. The predicted molar refractivity (Wildman–Crippen MR) is 106 cm³/mol. The summed E-state index contributed by atoms with van der Waals surface area (Å²) in [6.07, 6.45) is 2.29. The molecule has 1 atom stereocenters. The summed E-state index contributed by atoms with van der Waals surface area (Å²) >= 11 is 3.05. The van der Waals surface area contributed by atoms with Crippen molar-refractivity contribution in [2.24, 2.45) is 0 Å². The maximum atomic E-state index is 12.7. The Morgan fingerprint density at radius 3 is 2.69 bits per heavy atom. The smallest absolute Gasteiger partial charge is 0.216 e. The van der Waals surface area contributed by atoms with E-state index >= 15 is 0 Å². The number of hydrogen-bond acceptors (Lipinski definition) is 6. The summed E-state index contributed by atoms with van der Waals surface area (Å²) in [4.78, 5) is 32.2. The van der Waals surface area contributed by atoms with E-state index in [4.69, 9.17) is 0 Å². The first-order valence-corrected chi connectivity index (χ1v) is 10.0. The number of nitrogens with one attached hydrogen (secondary N) is 1. The summed E-state index contributed by atoms with van der Waals surface area (Å²) < 4.78 is 1.02. The molecule has 0 unspecified atom stereocenters. The number of carbonyl (C=O) groups excluding carboxylic acids is 2. The van der Waals surface area contributed by atoms with Gasteiger partial charge in [0.25, 0.3) is 0 Å². The highest BCUT2D eigenvalue weighted by Crippen LogP contribution is 2.32. The van der Waals surface area contributed by atoms with Gasteiger partial charge in [-0.1, -0.05) is 36.0 Å². The fraction of sp³-hybridized carbons (Fsp3) is 0.263. The van der Waals surface area contributed by atoms with Gasteiger partial charge in [0, 0.05) is 19.0 Å². The van der Waals surface area contributed by atoms with E-state index in [2.05, 4.69) is 15.3 Å². The van der Waals surface area contributed by atoms with Crippen LogP contribution in [-0.2, 0) is 11.2 Å². The molecule has 3 aromatic rings. The Morgan fingerprint density at radius 2 is 1.96 bits per heavy atom. The normalized spacial score (nSPS) is 12.1. The number of aromatic nitrogens is 2. The van der Waals surface area contributed by atoms with Gasteiger partial charge in [0.2, 0.25) is 5.91 Å². The molecule has 134 valence electrons. The van der Waals surface area contributed by atoms with Gasteiger partial charge in [0.15, 0.2) is 5.78 Å². The van der Waals surface area contributed by atoms with Gasteiger partial charge in [-0.2, -0.15) is 0 Å². The second-order valence-electron chi connectivity index (χ2n) is 5.87. The Morgan fingerprint density at radius 1 is 1.19 bits per heavy atom. The average molecular weight is 386 g/mol. The molecule has 0 bridgehead atoms. The minimum absolute atomic E-state index is 0.0350. The van der Waals surface area contributed by atoms with E-state index in [1.165, 1.54) is 18.7 Å². The van der Waals surface area contributed by atoms with Crippen LogP contribution in [0.15, 0.2) is 47.1 Å². The van der Waals surface area contributed by atoms with Crippen molar-refractivity contribution in [3.8, 4) is 0 Å². The fourth-order valence-electron chi connectivity index (χ4n) is 2.52. The topological polar surface area (TPSA) is 72.0 Å². The first-order chi connectivity index (χ1) is 12.5. The van der Waals surface area contributed by atoms with Crippen LogP contribution in [0.3, 0.4) is 0 Å². The Bertz CT molecular complexity index is 922. The SMILES string of the molecule is CC(=O)NCCc1ccc(C(=O)[C@H](C)Sc2ncnc3ccsc23)cc1. The van der Waals surface area contributed by atoms with Crippen molar-refractivity contribution in [3.63, 3.8) is 0 Å². The Kier molecular flexibility index (Phi) is 6.00. The number of benzene rings is 1. The predicted octanol–water partition coefficient (Wildman–Crippen LogP) is 3.73. The Labute approximate surface area is 160 Å². The lowest BCUT2D eigenvalue weighted by atomic mass is 10.0. The lowest BCUT2D eigenvalue weighted by Gasteiger charge is -2.11. The average Bonchev–Trinajstić information content (AvgIpc) is 3.11. The number of ketones is 1. The minimum atomic E-state index is -0.236.